The molecule has 0 aliphatic heterocycles. The maximum Gasteiger partial charge on any atom is 0.148 e. The van der Waals surface area contributed by atoms with E-state index >= 15 is 0 Å². The van der Waals surface area contributed by atoms with Gasteiger partial charge in [0.1, 0.15) is 5.82 Å². The fourth-order valence-electron chi connectivity index (χ4n) is 2.27. The number of aryl methyl sites for hydroxylation is 1. The molecule has 3 nitrogen and oxygen atoms in total. The second kappa shape index (κ2) is 4.03. The highest BCUT2D eigenvalue weighted by atomic mass is 15.3. The van der Waals surface area contributed by atoms with Crippen LogP contribution in [0.4, 0.5) is 5.82 Å². The van der Waals surface area contributed by atoms with Gasteiger partial charge >= 0.3 is 0 Å². The smallest absolute Gasteiger partial charge is 0.148 e. The van der Waals surface area contributed by atoms with E-state index in [2.05, 4.69) is 17.3 Å². The Morgan fingerprint density at radius 2 is 2.36 bits per heavy atom. The molecule has 2 atom stereocenters. The number of rotatable bonds is 2. The highest BCUT2D eigenvalue weighted by molar-refractivity contribution is 5.33. The van der Waals surface area contributed by atoms with Crippen LogP contribution in [0.25, 0.3) is 0 Å². The molecule has 0 radical (unpaired) electrons. The summed E-state index contributed by atoms with van der Waals surface area (Å²) < 4.78 is 1.84. The molecule has 0 spiro atoms. The number of hydrogen-bond donors (Lipinski definition) is 1. The third-order valence-electron chi connectivity index (χ3n) is 3.00. The molecule has 2 rings (SSSR count). The van der Waals surface area contributed by atoms with Gasteiger partial charge in [-0.25, -0.2) is 0 Å². The van der Waals surface area contributed by atoms with Gasteiger partial charge in [-0.1, -0.05) is 19.8 Å². The van der Waals surface area contributed by atoms with E-state index < -0.39 is 0 Å². The van der Waals surface area contributed by atoms with Crippen molar-refractivity contribution >= 4 is 5.82 Å². The minimum Gasteiger partial charge on any atom is -0.366 e. The Bertz CT molecular complexity index is 292. The lowest BCUT2D eigenvalue weighted by Gasteiger charge is -2.27. The summed E-state index contributed by atoms with van der Waals surface area (Å²) in [6, 6.07) is 2.67. The Labute approximate surface area is 85.5 Å². The molecule has 1 aliphatic rings. The highest BCUT2D eigenvalue weighted by Gasteiger charge is 2.18. The third kappa shape index (κ3) is 2.28. The summed E-state index contributed by atoms with van der Waals surface area (Å²) in [6.07, 6.45) is 7.30. The van der Waals surface area contributed by atoms with Crippen molar-refractivity contribution in [3.63, 3.8) is 0 Å². The van der Waals surface area contributed by atoms with Crippen LogP contribution in [0, 0.1) is 5.92 Å². The minimum absolute atomic E-state index is 0.633. The van der Waals surface area contributed by atoms with Crippen LogP contribution in [-0.2, 0) is 7.05 Å². The molecule has 0 aromatic carbocycles. The van der Waals surface area contributed by atoms with Gasteiger partial charge in [0.25, 0.3) is 0 Å². The fraction of sp³-hybridized carbons (Fsp3) is 0.727. The Kier molecular flexibility index (Phi) is 2.75. The lowest BCUT2D eigenvalue weighted by molar-refractivity contribution is 0.358. The molecule has 3 heteroatoms. The Morgan fingerprint density at radius 1 is 1.50 bits per heavy atom. The highest BCUT2D eigenvalue weighted by Crippen LogP contribution is 2.25. The normalized spacial score (nSPS) is 27.6. The van der Waals surface area contributed by atoms with E-state index in [9.17, 15) is 0 Å². The molecule has 0 unspecified atom stereocenters. The molecule has 0 bridgehead atoms. The minimum atomic E-state index is 0.633. The number of nitrogens with zero attached hydrogens (tertiary/aromatic N) is 2. The molecular formula is C11H19N3. The van der Waals surface area contributed by atoms with E-state index in [0.717, 1.165) is 11.7 Å². The molecule has 1 saturated carbocycles. The van der Waals surface area contributed by atoms with Crippen LogP contribution < -0.4 is 5.32 Å². The predicted molar refractivity (Wildman–Crippen MR) is 58.3 cm³/mol. The van der Waals surface area contributed by atoms with Gasteiger partial charge < -0.3 is 5.32 Å². The summed E-state index contributed by atoms with van der Waals surface area (Å²) >= 11 is 0. The second-order valence-corrected chi connectivity index (χ2v) is 4.49. The molecule has 14 heavy (non-hydrogen) atoms. The number of nitrogens with one attached hydrogen (secondary N) is 1. The van der Waals surface area contributed by atoms with Crippen molar-refractivity contribution < 1.29 is 0 Å². The Balaban J connectivity index is 1.90. The van der Waals surface area contributed by atoms with E-state index in [0.29, 0.717) is 6.04 Å². The van der Waals surface area contributed by atoms with Gasteiger partial charge in [-0.15, -0.1) is 0 Å². The summed E-state index contributed by atoms with van der Waals surface area (Å²) in [5, 5.41) is 7.84. The van der Waals surface area contributed by atoms with Crippen molar-refractivity contribution in [1.82, 2.24) is 9.78 Å². The van der Waals surface area contributed by atoms with Gasteiger partial charge in [0.15, 0.2) is 0 Å². The SMILES string of the molecule is C[C@@H]1CCC[C@H](Nc2ccn(C)n2)C1. The van der Waals surface area contributed by atoms with Crippen LogP contribution in [-0.4, -0.2) is 15.8 Å². The number of aromatic nitrogens is 2. The van der Waals surface area contributed by atoms with Crippen LogP contribution in [0.2, 0.25) is 0 Å². The van der Waals surface area contributed by atoms with Gasteiger partial charge in [-0.3, -0.25) is 4.68 Å². The van der Waals surface area contributed by atoms with Gasteiger partial charge in [0.2, 0.25) is 0 Å². The zero-order valence-corrected chi connectivity index (χ0v) is 9.03. The zero-order chi connectivity index (χ0) is 9.97. The van der Waals surface area contributed by atoms with E-state index in [1.54, 1.807) is 0 Å². The standard InChI is InChI=1S/C11H19N3/c1-9-4-3-5-10(8-9)12-11-6-7-14(2)13-11/h6-7,9-10H,3-5,8H2,1-2H3,(H,12,13)/t9-,10+/m1/s1. The molecule has 0 saturated heterocycles. The predicted octanol–water partition coefficient (Wildman–Crippen LogP) is 2.41. The average Bonchev–Trinajstić information content (AvgIpc) is 2.51. The second-order valence-electron chi connectivity index (χ2n) is 4.49. The van der Waals surface area contributed by atoms with Gasteiger partial charge in [0.05, 0.1) is 0 Å². The topological polar surface area (TPSA) is 29.9 Å². The van der Waals surface area contributed by atoms with E-state index in [4.69, 9.17) is 0 Å². The third-order valence-corrected chi connectivity index (χ3v) is 3.00. The molecule has 78 valence electrons. The monoisotopic (exact) mass is 193 g/mol. The first kappa shape index (κ1) is 9.56. The van der Waals surface area contributed by atoms with Crippen molar-refractivity contribution in [1.29, 1.82) is 0 Å². The molecule has 0 amide bonds. The van der Waals surface area contributed by atoms with Crippen LogP contribution >= 0.6 is 0 Å². The van der Waals surface area contributed by atoms with Gasteiger partial charge in [-0.05, 0) is 18.8 Å². The molecule has 1 fully saturated rings. The van der Waals surface area contributed by atoms with E-state index in [1.165, 1.54) is 25.7 Å². The number of anilines is 1. The average molecular weight is 193 g/mol. The fourth-order valence-corrected chi connectivity index (χ4v) is 2.27. The van der Waals surface area contributed by atoms with Gasteiger partial charge in [0, 0.05) is 25.4 Å². The van der Waals surface area contributed by atoms with Crippen molar-refractivity contribution in [2.45, 2.75) is 38.6 Å². The molecule has 1 heterocycles. The zero-order valence-electron chi connectivity index (χ0n) is 9.03. The maximum absolute atomic E-state index is 4.34. The summed E-state index contributed by atoms with van der Waals surface area (Å²) in [7, 11) is 1.95. The summed E-state index contributed by atoms with van der Waals surface area (Å²) in [5.41, 5.74) is 0. The van der Waals surface area contributed by atoms with E-state index in [-0.39, 0.29) is 0 Å². The van der Waals surface area contributed by atoms with Crippen molar-refractivity contribution in [3.8, 4) is 0 Å². The first-order valence-electron chi connectivity index (χ1n) is 5.50. The molecule has 1 aliphatic carbocycles. The molecule has 1 aromatic heterocycles. The summed E-state index contributed by atoms with van der Waals surface area (Å²) in [6.45, 7) is 2.34. The Hall–Kier alpha value is -0.990. The lowest BCUT2D eigenvalue weighted by Crippen LogP contribution is -2.26. The summed E-state index contributed by atoms with van der Waals surface area (Å²) in [5.74, 6) is 1.89. The van der Waals surface area contributed by atoms with Crippen molar-refractivity contribution in [3.05, 3.63) is 12.3 Å². The van der Waals surface area contributed by atoms with Crippen molar-refractivity contribution in [2.24, 2.45) is 13.0 Å². The quantitative estimate of drug-likeness (QED) is 0.781. The summed E-state index contributed by atoms with van der Waals surface area (Å²) in [4.78, 5) is 0. The van der Waals surface area contributed by atoms with Crippen LogP contribution in [0.15, 0.2) is 12.3 Å². The number of hydrogen-bond acceptors (Lipinski definition) is 2. The van der Waals surface area contributed by atoms with Crippen LogP contribution in [0.1, 0.15) is 32.6 Å². The maximum atomic E-state index is 4.34. The first-order valence-corrected chi connectivity index (χ1v) is 5.50. The van der Waals surface area contributed by atoms with E-state index in [1.807, 2.05) is 24.0 Å². The Morgan fingerprint density at radius 3 is 3.00 bits per heavy atom. The van der Waals surface area contributed by atoms with Crippen LogP contribution in [0.5, 0.6) is 0 Å². The van der Waals surface area contributed by atoms with Gasteiger partial charge in [-0.2, -0.15) is 5.10 Å². The molecule has 1 aromatic rings. The molecule has 1 N–H and O–H groups in total. The molecular weight excluding hydrogens is 174 g/mol. The largest absolute Gasteiger partial charge is 0.366 e. The van der Waals surface area contributed by atoms with Crippen molar-refractivity contribution in [2.75, 3.05) is 5.32 Å². The first-order chi connectivity index (χ1) is 6.74. The lowest BCUT2D eigenvalue weighted by atomic mass is 9.87. The van der Waals surface area contributed by atoms with Crippen LogP contribution in [0.3, 0.4) is 0 Å².